The van der Waals surface area contributed by atoms with Gasteiger partial charge < -0.3 is 14.4 Å². The maximum atomic E-state index is 12.1. The van der Waals surface area contributed by atoms with Crippen LogP contribution in [0, 0.1) is 11.8 Å². The lowest BCUT2D eigenvalue weighted by molar-refractivity contribution is -0.861. The third-order valence-corrected chi connectivity index (χ3v) is 9.47. The van der Waals surface area contributed by atoms with Crippen LogP contribution in [0.1, 0.15) is 51.9 Å². The molecule has 0 aromatic carbocycles. The Bertz CT molecular complexity index is 639. The second-order valence-corrected chi connectivity index (χ2v) is 11.9. The van der Waals surface area contributed by atoms with Crippen LogP contribution in [0.15, 0.2) is 11.9 Å². The van der Waals surface area contributed by atoms with E-state index in [2.05, 4.69) is 32.1 Å². The number of nitrogens with zero attached hydrogens (tertiary/aromatic N) is 2. The summed E-state index contributed by atoms with van der Waals surface area (Å²) in [6.45, 7) is 4.67. The number of carbonyl (C=O) groups is 2. The van der Waals surface area contributed by atoms with Gasteiger partial charge in [-0.15, -0.1) is 0 Å². The molecule has 170 valence electrons. The van der Waals surface area contributed by atoms with Crippen molar-refractivity contribution in [3.8, 4) is 0 Å². The maximum Gasteiger partial charge on any atom is 0.309 e. The zero-order valence-corrected chi connectivity index (χ0v) is 20.3. The Balaban J connectivity index is 1.36. The third kappa shape index (κ3) is 6.57. The summed E-state index contributed by atoms with van der Waals surface area (Å²) >= 11 is 0. The van der Waals surface area contributed by atoms with Crippen molar-refractivity contribution < 1.29 is 23.5 Å². The van der Waals surface area contributed by atoms with E-state index >= 15 is 0 Å². The van der Waals surface area contributed by atoms with Gasteiger partial charge in [0.1, 0.15) is 19.4 Å². The van der Waals surface area contributed by atoms with Crippen LogP contribution in [0.4, 0.5) is 0 Å². The molecule has 3 rings (SSSR count). The van der Waals surface area contributed by atoms with Gasteiger partial charge >= 0.3 is 11.9 Å². The van der Waals surface area contributed by atoms with Gasteiger partial charge in [-0.05, 0) is 32.1 Å². The number of carbonyl (C=O) groups excluding carboxylic acids is 2. The van der Waals surface area contributed by atoms with Crippen molar-refractivity contribution in [3.05, 3.63) is 11.9 Å². The van der Waals surface area contributed by atoms with Gasteiger partial charge in [0, 0.05) is 30.4 Å². The first-order chi connectivity index (χ1) is 14.4. The van der Waals surface area contributed by atoms with E-state index in [1.807, 2.05) is 21.6 Å². The summed E-state index contributed by atoms with van der Waals surface area (Å²) < 4.78 is 11.5. The Morgan fingerprint density at radius 1 is 1.40 bits per heavy atom. The number of quaternary nitrogens is 1. The molecular formula is C22H37N2O4S2+. The fourth-order valence-corrected chi connectivity index (χ4v) is 7.67. The van der Waals surface area contributed by atoms with Gasteiger partial charge in [0.05, 0.1) is 25.3 Å². The van der Waals surface area contributed by atoms with Gasteiger partial charge in [-0.2, -0.15) is 0 Å². The first kappa shape index (κ1) is 23.8. The zero-order chi connectivity index (χ0) is 21.6. The predicted molar refractivity (Wildman–Crippen MR) is 122 cm³/mol. The molecule has 0 bridgehead atoms. The molecule has 0 saturated carbocycles. The number of allylic oxidation sites excluding steroid dienone is 1. The fourth-order valence-electron chi connectivity index (χ4n) is 4.64. The van der Waals surface area contributed by atoms with Crippen molar-refractivity contribution in [2.75, 3.05) is 46.3 Å². The molecule has 3 aliphatic heterocycles. The highest BCUT2D eigenvalue weighted by atomic mass is 33.1. The number of hydrogen-bond acceptors (Lipinski definition) is 7. The first-order valence-corrected chi connectivity index (χ1v) is 13.7. The molecule has 0 aliphatic carbocycles. The molecule has 3 heterocycles. The zero-order valence-electron chi connectivity index (χ0n) is 18.6. The van der Waals surface area contributed by atoms with Crippen molar-refractivity contribution in [2.45, 2.75) is 57.1 Å². The summed E-state index contributed by atoms with van der Waals surface area (Å²) in [7, 11) is 8.25. The normalized spacial score (nSPS) is 31.2. The highest BCUT2D eigenvalue weighted by Gasteiger charge is 2.39. The minimum absolute atomic E-state index is 0.0191. The second-order valence-electron chi connectivity index (χ2n) is 9.07. The van der Waals surface area contributed by atoms with E-state index in [9.17, 15) is 9.59 Å². The Hall–Kier alpha value is -0.860. The monoisotopic (exact) mass is 457 g/mol. The Kier molecular flexibility index (Phi) is 8.83. The smallest absolute Gasteiger partial charge is 0.309 e. The van der Waals surface area contributed by atoms with Gasteiger partial charge in [-0.25, -0.2) is 0 Å². The molecule has 6 nitrogen and oxygen atoms in total. The highest BCUT2D eigenvalue weighted by Crippen LogP contribution is 2.40. The third-order valence-electron chi connectivity index (χ3n) is 6.46. The van der Waals surface area contributed by atoms with Crippen LogP contribution < -0.4 is 0 Å². The predicted octanol–water partition coefficient (Wildman–Crippen LogP) is 4.02. The van der Waals surface area contributed by atoms with Gasteiger partial charge in [-0.3, -0.25) is 14.1 Å². The van der Waals surface area contributed by atoms with Crippen LogP contribution in [0.3, 0.4) is 0 Å². The van der Waals surface area contributed by atoms with Crippen LogP contribution in [0.2, 0.25) is 0 Å². The molecule has 3 aliphatic rings. The average Bonchev–Trinajstić information content (AvgIpc) is 3.40. The lowest BCUT2D eigenvalue weighted by Crippen LogP contribution is -2.42. The van der Waals surface area contributed by atoms with Crippen molar-refractivity contribution in [2.24, 2.45) is 11.8 Å². The molecule has 0 spiro atoms. The molecule has 8 heteroatoms. The Labute approximate surface area is 189 Å². The maximum absolute atomic E-state index is 12.1. The average molecular weight is 458 g/mol. The standard InChI is InChI=1S/C22H37N2O4S2/c1-4-20-17(15-28-22(20)26)13-18-14-24(3,16-23(18)2)10-11-27-21(25)8-6-5-7-19-9-12-29-30-19/h14,17,19-20H,4-13,15-16H2,1-3H3/q+1. The molecule has 0 radical (unpaired) electrons. The molecule has 4 unspecified atom stereocenters. The molecule has 2 fully saturated rings. The summed E-state index contributed by atoms with van der Waals surface area (Å²) in [4.78, 5) is 26.2. The van der Waals surface area contributed by atoms with E-state index in [4.69, 9.17) is 9.47 Å². The van der Waals surface area contributed by atoms with Crippen molar-refractivity contribution in [1.82, 2.24) is 4.90 Å². The SMILES string of the molecule is CCC1C(=O)OCC1CC1=C[N+](C)(CCOC(=O)CCCCC2CCSS2)CN1C. The summed E-state index contributed by atoms with van der Waals surface area (Å²) in [6.07, 6.45) is 9.07. The lowest BCUT2D eigenvalue weighted by atomic mass is 9.89. The van der Waals surface area contributed by atoms with Gasteiger partial charge in [-0.1, -0.05) is 34.9 Å². The van der Waals surface area contributed by atoms with Crippen molar-refractivity contribution in [1.29, 1.82) is 0 Å². The number of cyclic esters (lactones) is 1. The number of ether oxygens (including phenoxy) is 2. The number of likely N-dealkylation sites (N-methyl/N-ethyl adjacent to an activating group) is 1. The quantitative estimate of drug-likeness (QED) is 0.201. The number of unbranched alkanes of at least 4 members (excludes halogenated alkanes) is 1. The molecule has 0 N–H and O–H groups in total. The van der Waals surface area contributed by atoms with Crippen LogP contribution in [0.25, 0.3) is 0 Å². The summed E-state index contributed by atoms with van der Waals surface area (Å²) in [6, 6.07) is 0. The largest absolute Gasteiger partial charge is 0.465 e. The Morgan fingerprint density at radius 2 is 2.23 bits per heavy atom. The van der Waals surface area contributed by atoms with Gasteiger partial charge in [0.2, 0.25) is 0 Å². The second kappa shape index (κ2) is 11.1. The Morgan fingerprint density at radius 3 is 2.97 bits per heavy atom. The van der Waals surface area contributed by atoms with Crippen LogP contribution in [-0.2, 0) is 19.1 Å². The van der Waals surface area contributed by atoms with Crippen molar-refractivity contribution >= 4 is 33.5 Å². The molecule has 0 aromatic heterocycles. The van der Waals surface area contributed by atoms with Crippen LogP contribution >= 0.6 is 21.6 Å². The molecule has 30 heavy (non-hydrogen) atoms. The van der Waals surface area contributed by atoms with Crippen LogP contribution in [-0.4, -0.2) is 72.8 Å². The van der Waals surface area contributed by atoms with E-state index < -0.39 is 0 Å². The topological polar surface area (TPSA) is 55.8 Å². The molecular weight excluding hydrogens is 420 g/mol. The lowest BCUT2D eigenvalue weighted by Gasteiger charge is -2.27. The molecule has 2 saturated heterocycles. The minimum atomic E-state index is -0.0702. The van der Waals surface area contributed by atoms with Crippen molar-refractivity contribution in [3.63, 3.8) is 0 Å². The fraction of sp³-hybridized carbons (Fsp3) is 0.818. The molecule has 4 atom stereocenters. The number of rotatable bonds is 11. The number of hydrogen-bond donors (Lipinski definition) is 0. The minimum Gasteiger partial charge on any atom is -0.465 e. The van der Waals surface area contributed by atoms with E-state index in [0.717, 1.165) is 48.6 Å². The van der Waals surface area contributed by atoms with Crippen LogP contribution in [0.5, 0.6) is 0 Å². The van der Waals surface area contributed by atoms with E-state index in [-0.39, 0.29) is 23.8 Å². The van der Waals surface area contributed by atoms with Gasteiger partial charge in [0.25, 0.3) is 0 Å². The van der Waals surface area contributed by atoms with E-state index in [0.29, 0.717) is 19.6 Å². The summed E-state index contributed by atoms with van der Waals surface area (Å²) in [5.74, 6) is 1.44. The van der Waals surface area contributed by atoms with E-state index in [1.54, 1.807) is 0 Å². The summed E-state index contributed by atoms with van der Waals surface area (Å²) in [5.41, 5.74) is 1.26. The molecule has 0 amide bonds. The van der Waals surface area contributed by atoms with E-state index in [1.165, 1.54) is 24.3 Å². The van der Waals surface area contributed by atoms with Gasteiger partial charge in [0.15, 0.2) is 6.67 Å². The number of esters is 2. The first-order valence-electron chi connectivity index (χ1n) is 11.3. The molecule has 0 aromatic rings. The summed E-state index contributed by atoms with van der Waals surface area (Å²) in [5, 5.41) is 0.783. The highest BCUT2D eigenvalue weighted by molar-refractivity contribution is 8.77.